The third-order valence-corrected chi connectivity index (χ3v) is 3.00. The molecule has 0 saturated heterocycles. The highest BCUT2D eigenvalue weighted by atomic mass is 79.9. The van der Waals surface area contributed by atoms with Gasteiger partial charge in [0, 0.05) is 18.6 Å². The molecule has 2 rings (SSSR count). The average Bonchev–Trinajstić information content (AvgIpc) is 2.27. The summed E-state index contributed by atoms with van der Waals surface area (Å²) in [6.07, 6.45) is 0. The summed E-state index contributed by atoms with van der Waals surface area (Å²) in [5.41, 5.74) is 4.24. The van der Waals surface area contributed by atoms with E-state index in [1.165, 1.54) is 10.8 Å². The molecule has 0 spiro atoms. The molecule has 0 aliphatic heterocycles. The van der Waals surface area contributed by atoms with Gasteiger partial charge >= 0.3 is 0 Å². The van der Waals surface area contributed by atoms with Gasteiger partial charge < -0.3 is 5.01 Å². The van der Waals surface area contributed by atoms with Crippen molar-refractivity contribution in [3.63, 3.8) is 0 Å². The van der Waals surface area contributed by atoms with Crippen molar-refractivity contribution in [1.29, 1.82) is 0 Å². The van der Waals surface area contributed by atoms with Crippen molar-refractivity contribution in [2.45, 2.75) is 0 Å². The highest BCUT2D eigenvalue weighted by Crippen LogP contribution is 2.23. The molecule has 0 aliphatic carbocycles. The fourth-order valence-corrected chi connectivity index (χ4v) is 1.92. The minimum absolute atomic E-state index is 1.12. The Bertz CT molecular complexity index is 482. The van der Waals surface area contributed by atoms with Gasteiger partial charge in [0.1, 0.15) is 0 Å². The number of hydrogen-bond acceptors (Lipinski definition) is 2. The second-order valence-electron chi connectivity index (χ2n) is 3.46. The van der Waals surface area contributed by atoms with Gasteiger partial charge in [-0.25, -0.2) is 5.43 Å². The van der Waals surface area contributed by atoms with Crippen LogP contribution in [0.2, 0.25) is 0 Å². The first kappa shape index (κ1) is 10.5. The van der Waals surface area contributed by atoms with E-state index in [4.69, 9.17) is 0 Å². The topological polar surface area (TPSA) is 15.3 Å². The van der Waals surface area contributed by atoms with E-state index in [1.54, 1.807) is 0 Å². The van der Waals surface area contributed by atoms with E-state index >= 15 is 0 Å². The van der Waals surface area contributed by atoms with E-state index in [0.29, 0.717) is 0 Å². The van der Waals surface area contributed by atoms with Crippen molar-refractivity contribution in [3.05, 3.63) is 40.9 Å². The predicted octanol–water partition coefficient (Wildman–Crippen LogP) is 3.17. The van der Waals surface area contributed by atoms with Gasteiger partial charge in [-0.2, -0.15) is 0 Å². The molecule has 2 aromatic carbocycles. The number of benzene rings is 2. The van der Waals surface area contributed by atoms with Gasteiger partial charge in [-0.1, -0.05) is 28.1 Å². The van der Waals surface area contributed by atoms with Crippen molar-refractivity contribution in [3.8, 4) is 0 Å². The molecule has 15 heavy (non-hydrogen) atoms. The molecular weight excluding hydrogens is 252 g/mol. The lowest BCUT2D eigenvalue weighted by Gasteiger charge is -2.17. The molecule has 0 saturated carbocycles. The van der Waals surface area contributed by atoms with E-state index in [-0.39, 0.29) is 0 Å². The first-order chi connectivity index (χ1) is 7.20. The fraction of sp³-hybridized carbons (Fsp3) is 0.167. The summed E-state index contributed by atoms with van der Waals surface area (Å²) in [4.78, 5) is 0. The van der Waals surface area contributed by atoms with Crippen LogP contribution in [0, 0.1) is 0 Å². The highest BCUT2D eigenvalue weighted by molar-refractivity contribution is 9.10. The number of nitrogens with zero attached hydrogens (tertiary/aromatic N) is 1. The Labute approximate surface area is 98.0 Å². The normalized spacial score (nSPS) is 10.6. The minimum Gasteiger partial charge on any atom is -0.312 e. The van der Waals surface area contributed by atoms with E-state index in [1.807, 2.05) is 19.1 Å². The molecule has 0 atom stereocenters. The Morgan fingerprint density at radius 3 is 2.47 bits per heavy atom. The maximum Gasteiger partial charge on any atom is 0.0522 e. The van der Waals surface area contributed by atoms with Crippen molar-refractivity contribution < 1.29 is 0 Å². The number of hydrazine groups is 1. The third-order valence-electron chi connectivity index (χ3n) is 2.51. The van der Waals surface area contributed by atoms with Gasteiger partial charge in [0.25, 0.3) is 0 Å². The van der Waals surface area contributed by atoms with Crippen molar-refractivity contribution in [1.82, 2.24) is 5.43 Å². The van der Waals surface area contributed by atoms with Gasteiger partial charge in [-0.3, -0.25) is 0 Å². The Balaban J connectivity index is 2.52. The largest absolute Gasteiger partial charge is 0.312 e. The maximum absolute atomic E-state index is 3.47. The average molecular weight is 265 g/mol. The zero-order valence-electron chi connectivity index (χ0n) is 8.79. The zero-order valence-corrected chi connectivity index (χ0v) is 10.4. The van der Waals surface area contributed by atoms with E-state index in [9.17, 15) is 0 Å². The molecule has 0 fully saturated rings. The van der Waals surface area contributed by atoms with Crippen LogP contribution in [0.3, 0.4) is 0 Å². The number of nitrogens with one attached hydrogen (secondary N) is 1. The van der Waals surface area contributed by atoms with Crippen molar-refractivity contribution >= 4 is 32.4 Å². The van der Waals surface area contributed by atoms with Crippen LogP contribution >= 0.6 is 15.9 Å². The Morgan fingerprint density at radius 2 is 1.73 bits per heavy atom. The predicted molar refractivity (Wildman–Crippen MR) is 69.1 cm³/mol. The van der Waals surface area contributed by atoms with Gasteiger partial charge in [0.2, 0.25) is 0 Å². The van der Waals surface area contributed by atoms with Crippen LogP contribution in [0.5, 0.6) is 0 Å². The summed E-state index contributed by atoms with van der Waals surface area (Å²) in [5.74, 6) is 0. The summed E-state index contributed by atoms with van der Waals surface area (Å²) < 4.78 is 1.12. The number of anilines is 1. The summed E-state index contributed by atoms with van der Waals surface area (Å²) in [7, 11) is 3.91. The van der Waals surface area contributed by atoms with Crippen molar-refractivity contribution in [2.24, 2.45) is 0 Å². The summed E-state index contributed by atoms with van der Waals surface area (Å²) >= 11 is 3.47. The van der Waals surface area contributed by atoms with Gasteiger partial charge in [-0.05, 0) is 35.0 Å². The number of fused-ring (bicyclic) bond motifs is 1. The van der Waals surface area contributed by atoms with Crippen molar-refractivity contribution in [2.75, 3.05) is 19.1 Å². The van der Waals surface area contributed by atoms with Crippen LogP contribution < -0.4 is 10.4 Å². The first-order valence-corrected chi connectivity index (χ1v) is 5.60. The molecule has 0 aromatic heterocycles. The maximum atomic E-state index is 3.47. The second-order valence-corrected chi connectivity index (χ2v) is 4.37. The van der Waals surface area contributed by atoms with E-state index < -0.39 is 0 Å². The lowest BCUT2D eigenvalue weighted by atomic mass is 10.1. The van der Waals surface area contributed by atoms with Crippen LogP contribution in [0.1, 0.15) is 0 Å². The van der Waals surface area contributed by atoms with Crippen LogP contribution in [0.15, 0.2) is 40.9 Å². The zero-order chi connectivity index (χ0) is 10.8. The molecule has 1 N–H and O–H groups in total. The lowest BCUT2D eigenvalue weighted by molar-refractivity contribution is 0.792. The summed E-state index contributed by atoms with van der Waals surface area (Å²) in [5, 5.41) is 4.48. The molecular formula is C12H13BrN2. The van der Waals surface area contributed by atoms with Crippen LogP contribution in [-0.2, 0) is 0 Å². The molecule has 3 heteroatoms. The van der Waals surface area contributed by atoms with E-state index in [2.05, 4.69) is 57.8 Å². The highest BCUT2D eigenvalue weighted by Gasteiger charge is 2.00. The monoisotopic (exact) mass is 264 g/mol. The second kappa shape index (κ2) is 4.21. The van der Waals surface area contributed by atoms with Crippen LogP contribution in [-0.4, -0.2) is 14.1 Å². The van der Waals surface area contributed by atoms with Gasteiger partial charge in [-0.15, -0.1) is 0 Å². The molecule has 0 radical (unpaired) electrons. The molecule has 0 aliphatic rings. The number of rotatable bonds is 2. The Kier molecular flexibility index (Phi) is 2.93. The molecule has 2 aromatic rings. The fourth-order valence-electron chi connectivity index (χ4n) is 1.54. The SMILES string of the molecule is CNN(C)c1ccc2cc(Br)ccc2c1. The molecule has 78 valence electrons. The molecule has 0 heterocycles. The first-order valence-electron chi connectivity index (χ1n) is 4.81. The number of halogens is 1. The summed E-state index contributed by atoms with van der Waals surface area (Å²) in [6.45, 7) is 0. The van der Waals surface area contributed by atoms with Crippen LogP contribution in [0.25, 0.3) is 10.8 Å². The van der Waals surface area contributed by atoms with Crippen LogP contribution in [0.4, 0.5) is 5.69 Å². The third kappa shape index (κ3) is 2.13. The molecule has 0 bridgehead atoms. The molecule has 0 unspecified atom stereocenters. The Morgan fingerprint density at radius 1 is 1.07 bits per heavy atom. The van der Waals surface area contributed by atoms with E-state index in [0.717, 1.165) is 10.2 Å². The standard InChI is InChI=1S/C12H13BrN2/c1-14-15(2)12-6-4-9-7-11(13)5-3-10(9)8-12/h3-8,14H,1-2H3. The molecule has 0 amide bonds. The minimum atomic E-state index is 1.12. The molecule has 2 nitrogen and oxygen atoms in total. The number of hydrogen-bond donors (Lipinski definition) is 1. The Hall–Kier alpha value is -1.06. The van der Waals surface area contributed by atoms with Gasteiger partial charge in [0.15, 0.2) is 0 Å². The quantitative estimate of drug-likeness (QED) is 0.839. The smallest absolute Gasteiger partial charge is 0.0522 e. The lowest BCUT2D eigenvalue weighted by Crippen LogP contribution is -2.30. The van der Waals surface area contributed by atoms with Gasteiger partial charge in [0.05, 0.1) is 5.69 Å². The summed E-state index contributed by atoms with van der Waals surface area (Å²) in [6, 6.07) is 12.7.